The molecule has 94 valence electrons. The molecule has 0 unspecified atom stereocenters. The van der Waals surface area contributed by atoms with Gasteiger partial charge in [-0.2, -0.15) is 0 Å². The van der Waals surface area contributed by atoms with E-state index in [0.29, 0.717) is 6.17 Å². The summed E-state index contributed by atoms with van der Waals surface area (Å²) in [6.07, 6.45) is 2.21. The van der Waals surface area contributed by atoms with Crippen molar-refractivity contribution in [2.75, 3.05) is 5.50 Å². The van der Waals surface area contributed by atoms with Gasteiger partial charge in [-0.3, -0.25) is 0 Å². The van der Waals surface area contributed by atoms with Crippen molar-refractivity contribution in [3.05, 3.63) is 27.9 Å². The van der Waals surface area contributed by atoms with E-state index in [1.54, 1.807) is 24.2 Å². The number of nitro groups is 1. The maximum absolute atomic E-state index is 11.0. The zero-order valence-corrected chi connectivity index (χ0v) is 12.0. The number of aryl methyl sites for hydroxylation is 1. The number of hydrogen-bond acceptors (Lipinski definition) is 3. The number of fused-ring (bicyclic) bond motifs is 1. The van der Waals surface area contributed by atoms with Gasteiger partial charge >= 0.3 is 108 Å². The molecular formula is C9H12Cl2N2O3Si. The molecule has 17 heavy (non-hydrogen) atoms. The zero-order valence-electron chi connectivity index (χ0n) is 9.44. The third-order valence-electron chi connectivity index (χ3n) is 2.68. The molecule has 2 rings (SSSR count). The molecule has 8 heteroatoms. The first-order chi connectivity index (χ1) is 7.73. The quantitative estimate of drug-likeness (QED) is 0.210. The number of aromatic nitrogens is 1. The molecule has 1 aromatic heterocycles. The Kier molecular flexibility index (Phi) is 2.64. The van der Waals surface area contributed by atoms with Crippen LogP contribution in [0.2, 0.25) is 6.55 Å². The van der Waals surface area contributed by atoms with Crippen LogP contribution in [0.3, 0.4) is 0 Å². The van der Waals surface area contributed by atoms with Gasteiger partial charge < -0.3 is 0 Å². The number of rotatable bonds is 2. The molecule has 0 radical (unpaired) electrons. The van der Waals surface area contributed by atoms with E-state index >= 15 is 0 Å². The normalized spacial score (nSPS) is 22.0. The van der Waals surface area contributed by atoms with Gasteiger partial charge in [-0.05, 0) is 0 Å². The molecule has 1 aromatic rings. The van der Waals surface area contributed by atoms with Crippen LogP contribution in [-0.4, -0.2) is 17.3 Å². The standard InChI is InChI=1S/C9H12Cl2N2O3Si/c1-7-3-8(13(14)15)9-12(4-7)6-17(2,11,5-10)16-9/h3-4H,5-6H2,1-2H3. The van der Waals surface area contributed by atoms with E-state index in [4.69, 9.17) is 27.1 Å². The Balaban J connectivity index is 2.59. The third kappa shape index (κ3) is 2.12. The number of alkyl halides is 1. The first kappa shape index (κ1) is 12.6. The van der Waals surface area contributed by atoms with Crippen molar-refractivity contribution in [2.45, 2.75) is 19.6 Å². The van der Waals surface area contributed by atoms with Gasteiger partial charge in [0.05, 0.1) is 0 Å². The van der Waals surface area contributed by atoms with Gasteiger partial charge in [-0.15, -0.1) is 0 Å². The molecule has 0 N–H and O–H groups in total. The summed E-state index contributed by atoms with van der Waals surface area (Å²) < 4.78 is 7.38. The minimum atomic E-state index is -3.30. The van der Waals surface area contributed by atoms with Crippen LogP contribution in [0.4, 0.5) is 5.69 Å². The molecule has 0 saturated heterocycles. The zero-order chi connectivity index (χ0) is 12.9. The second-order valence-corrected chi connectivity index (χ2v) is 13.6. The topological polar surface area (TPSA) is 56.2 Å². The van der Waals surface area contributed by atoms with Gasteiger partial charge in [0.25, 0.3) is 0 Å². The van der Waals surface area contributed by atoms with Crippen LogP contribution in [0.1, 0.15) is 5.56 Å². The summed E-state index contributed by atoms with van der Waals surface area (Å²) in [7, 11) is 0. The van der Waals surface area contributed by atoms with Crippen molar-refractivity contribution in [1.82, 2.24) is 0 Å². The maximum atomic E-state index is 11.0. The van der Waals surface area contributed by atoms with Gasteiger partial charge in [-0.1, -0.05) is 0 Å². The summed E-state index contributed by atoms with van der Waals surface area (Å²) in [5.74, 6) is 0.215. The number of hydrogen-bond donors (Lipinski definition) is 0. The van der Waals surface area contributed by atoms with E-state index in [9.17, 15) is 10.1 Å². The van der Waals surface area contributed by atoms with Crippen molar-refractivity contribution >= 4 is 35.3 Å². The molecule has 0 fully saturated rings. The van der Waals surface area contributed by atoms with Crippen LogP contribution >= 0.6 is 22.7 Å². The summed E-state index contributed by atoms with van der Waals surface area (Å²) in [6, 6.07) is 1.47. The van der Waals surface area contributed by atoms with E-state index in [2.05, 4.69) is 0 Å². The van der Waals surface area contributed by atoms with Gasteiger partial charge in [-0.25, -0.2) is 0 Å². The second kappa shape index (κ2) is 3.57. The SMILES string of the molecule is Cc1cc([N+](=O)[O-])c2[n+](c1)C[Si-](C)(Cl)(CCl)O2. The van der Waals surface area contributed by atoms with Crippen molar-refractivity contribution in [3.63, 3.8) is 0 Å². The molecule has 0 aliphatic carbocycles. The average molecular weight is 295 g/mol. The Hall–Kier alpha value is -0.853. The molecule has 0 amide bonds. The van der Waals surface area contributed by atoms with Gasteiger partial charge in [0.1, 0.15) is 0 Å². The Morgan fingerprint density at radius 2 is 2.35 bits per heavy atom. The first-order valence-corrected chi connectivity index (χ1v) is 9.94. The molecular weight excluding hydrogens is 283 g/mol. The Morgan fingerprint density at radius 3 is 2.88 bits per heavy atom. The van der Waals surface area contributed by atoms with Crippen LogP contribution in [-0.2, 0) is 6.17 Å². The molecule has 2 heterocycles. The predicted molar refractivity (Wildman–Crippen MR) is 66.8 cm³/mol. The Labute approximate surface area is 108 Å². The third-order valence-corrected chi connectivity index (χ3v) is 8.74. The Bertz CT molecular complexity index is 521. The monoisotopic (exact) mass is 294 g/mol. The van der Waals surface area contributed by atoms with E-state index < -0.39 is 11.8 Å². The number of pyridine rings is 1. The molecule has 0 bridgehead atoms. The summed E-state index contributed by atoms with van der Waals surface area (Å²) in [6.45, 7) is 0.271. The molecule has 0 saturated carbocycles. The second-order valence-electron chi connectivity index (χ2n) is 4.81. The van der Waals surface area contributed by atoms with Crippen LogP contribution in [0.25, 0.3) is 0 Å². The molecule has 1 aliphatic rings. The molecule has 0 aromatic carbocycles. The predicted octanol–water partition coefficient (Wildman–Crippen LogP) is 2.17. The molecule has 0 spiro atoms. The Morgan fingerprint density at radius 1 is 1.71 bits per heavy atom. The van der Waals surface area contributed by atoms with Crippen LogP contribution in [0.15, 0.2) is 12.3 Å². The van der Waals surface area contributed by atoms with Crippen LogP contribution < -0.4 is 8.99 Å². The van der Waals surface area contributed by atoms with E-state index in [0.717, 1.165) is 5.56 Å². The summed E-state index contributed by atoms with van der Waals surface area (Å²) in [5.41, 5.74) is 0.911. The number of nitrogens with zero attached hydrogens (tertiary/aromatic N) is 2. The van der Waals surface area contributed by atoms with Crippen molar-refractivity contribution in [1.29, 1.82) is 0 Å². The van der Waals surface area contributed by atoms with Gasteiger partial charge in [0.15, 0.2) is 0 Å². The minimum absolute atomic E-state index is 0.0601. The first-order valence-electron chi connectivity index (χ1n) is 5.07. The summed E-state index contributed by atoms with van der Waals surface area (Å²) >= 11 is 12.3. The number of halogens is 2. The average Bonchev–Trinajstić information content (AvgIpc) is 2.49. The fourth-order valence-corrected chi connectivity index (χ4v) is 4.99. The summed E-state index contributed by atoms with van der Waals surface area (Å²) in [4.78, 5) is 10.5. The molecule has 1 aliphatic heterocycles. The molecule has 5 nitrogen and oxygen atoms in total. The van der Waals surface area contributed by atoms with Crippen molar-refractivity contribution in [2.24, 2.45) is 0 Å². The van der Waals surface area contributed by atoms with E-state index in [1.807, 2.05) is 0 Å². The fourth-order valence-electron chi connectivity index (χ4n) is 1.92. The van der Waals surface area contributed by atoms with Crippen LogP contribution in [0, 0.1) is 17.0 Å². The van der Waals surface area contributed by atoms with Crippen molar-refractivity contribution in [3.8, 4) is 5.88 Å². The summed E-state index contributed by atoms with van der Waals surface area (Å²) in [5, 5.41) is 11.0. The molecule has 0 atom stereocenters. The van der Waals surface area contributed by atoms with Crippen molar-refractivity contribution < 1.29 is 13.9 Å². The van der Waals surface area contributed by atoms with Crippen LogP contribution in [0.5, 0.6) is 5.88 Å². The van der Waals surface area contributed by atoms with Gasteiger partial charge in [0, 0.05) is 0 Å². The van der Waals surface area contributed by atoms with E-state index in [-0.39, 0.29) is 17.1 Å². The fraction of sp³-hybridized carbons (Fsp3) is 0.444. The van der Waals surface area contributed by atoms with E-state index in [1.165, 1.54) is 6.07 Å². The van der Waals surface area contributed by atoms with Gasteiger partial charge in [0.2, 0.25) is 0 Å².